The van der Waals surface area contributed by atoms with Gasteiger partial charge in [-0.1, -0.05) is 18.9 Å². The van der Waals surface area contributed by atoms with Crippen LogP contribution in [0.2, 0.25) is 0 Å². The summed E-state index contributed by atoms with van der Waals surface area (Å²) in [6.07, 6.45) is 6.02. The van der Waals surface area contributed by atoms with Gasteiger partial charge in [0.25, 0.3) is 0 Å². The molecule has 1 aromatic carbocycles. The van der Waals surface area contributed by atoms with E-state index in [1.54, 1.807) is 14.2 Å². The number of nitrogens with one attached hydrogen (secondary N) is 2. The van der Waals surface area contributed by atoms with Crippen molar-refractivity contribution in [2.75, 3.05) is 27.3 Å². The Morgan fingerprint density at radius 3 is 2.50 bits per heavy atom. The molecule has 2 rings (SSSR count). The molecule has 24 heavy (non-hydrogen) atoms. The second-order valence-electron chi connectivity index (χ2n) is 5.83. The Labute approximate surface area is 162 Å². The molecule has 0 aromatic heterocycles. The summed E-state index contributed by atoms with van der Waals surface area (Å²) in [5.74, 6) is 2.46. The molecule has 5 nitrogen and oxygen atoms in total. The van der Waals surface area contributed by atoms with Gasteiger partial charge in [0, 0.05) is 19.1 Å². The van der Waals surface area contributed by atoms with Crippen LogP contribution in [0.15, 0.2) is 23.2 Å². The molecule has 0 amide bonds. The second kappa shape index (κ2) is 11.4. The fourth-order valence-corrected chi connectivity index (χ4v) is 2.92. The fraction of sp³-hybridized carbons (Fsp3) is 0.611. The highest BCUT2D eigenvalue weighted by Crippen LogP contribution is 2.27. The van der Waals surface area contributed by atoms with Gasteiger partial charge in [-0.25, -0.2) is 0 Å². The Morgan fingerprint density at radius 2 is 1.88 bits per heavy atom. The molecule has 0 saturated heterocycles. The minimum Gasteiger partial charge on any atom is -0.493 e. The molecule has 6 heteroatoms. The van der Waals surface area contributed by atoms with Gasteiger partial charge in [0.2, 0.25) is 0 Å². The van der Waals surface area contributed by atoms with E-state index in [0.29, 0.717) is 6.04 Å². The number of benzene rings is 1. The molecule has 0 atom stereocenters. The Hall–Kier alpha value is -1.18. The highest BCUT2D eigenvalue weighted by Gasteiger charge is 2.15. The SMILES string of the molecule is CCNC(=NCCc1ccc(OC)c(OC)c1)NC1CCCC1.I. The number of rotatable bonds is 7. The lowest BCUT2D eigenvalue weighted by atomic mass is 10.1. The molecule has 2 N–H and O–H groups in total. The van der Waals surface area contributed by atoms with Crippen LogP contribution in [0.1, 0.15) is 38.2 Å². The molecule has 1 saturated carbocycles. The largest absolute Gasteiger partial charge is 0.493 e. The molecule has 0 spiro atoms. The van der Waals surface area contributed by atoms with E-state index in [2.05, 4.69) is 23.6 Å². The van der Waals surface area contributed by atoms with Gasteiger partial charge in [-0.05, 0) is 43.9 Å². The van der Waals surface area contributed by atoms with Crippen molar-refractivity contribution in [3.05, 3.63) is 23.8 Å². The number of methoxy groups -OCH3 is 2. The summed E-state index contributed by atoms with van der Waals surface area (Å²) < 4.78 is 10.6. The normalized spacial score (nSPS) is 14.9. The lowest BCUT2D eigenvalue weighted by molar-refractivity contribution is 0.354. The average molecular weight is 447 g/mol. The maximum atomic E-state index is 5.35. The highest BCUT2D eigenvalue weighted by molar-refractivity contribution is 14.0. The smallest absolute Gasteiger partial charge is 0.191 e. The zero-order valence-corrected chi connectivity index (χ0v) is 17.3. The summed E-state index contributed by atoms with van der Waals surface area (Å²) in [5.41, 5.74) is 1.20. The fourth-order valence-electron chi connectivity index (χ4n) is 2.92. The van der Waals surface area contributed by atoms with Gasteiger partial charge in [0.15, 0.2) is 17.5 Å². The molecule has 0 unspecified atom stereocenters. The van der Waals surface area contributed by atoms with Crippen molar-refractivity contribution in [2.45, 2.75) is 45.1 Å². The number of ether oxygens (including phenoxy) is 2. The molecule has 136 valence electrons. The molecule has 1 aliphatic carbocycles. The molecule has 1 aliphatic rings. The van der Waals surface area contributed by atoms with E-state index < -0.39 is 0 Å². The predicted octanol–water partition coefficient (Wildman–Crippen LogP) is 3.36. The number of hydrogen-bond donors (Lipinski definition) is 2. The van der Waals surface area contributed by atoms with Crippen molar-refractivity contribution in [3.63, 3.8) is 0 Å². The first-order valence-electron chi connectivity index (χ1n) is 8.52. The maximum Gasteiger partial charge on any atom is 0.191 e. The number of halogens is 1. The van der Waals surface area contributed by atoms with Gasteiger partial charge in [-0.15, -0.1) is 24.0 Å². The summed E-state index contributed by atoms with van der Waals surface area (Å²) in [4.78, 5) is 4.69. The van der Waals surface area contributed by atoms with Crippen molar-refractivity contribution < 1.29 is 9.47 Å². The maximum absolute atomic E-state index is 5.35. The summed E-state index contributed by atoms with van der Waals surface area (Å²) in [6, 6.07) is 6.61. The van der Waals surface area contributed by atoms with Crippen LogP contribution in [-0.4, -0.2) is 39.3 Å². The van der Waals surface area contributed by atoms with Crippen molar-refractivity contribution in [1.82, 2.24) is 10.6 Å². The summed E-state index contributed by atoms with van der Waals surface area (Å²) >= 11 is 0. The highest BCUT2D eigenvalue weighted by atomic mass is 127. The van der Waals surface area contributed by atoms with Gasteiger partial charge in [0.1, 0.15) is 0 Å². The molecule has 0 heterocycles. The monoisotopic (exact) mass is 447 g/mol. The Morgan fingerprint density at radius 1 is 1.17 bits per heavy atom. The van der Waals surface area contributed by atoms with Gasteiger partial charge in [0.05, 0.1) is 14.2 Å². The Balaban J connectivity index is 0.00000288. The van der Waals surface area contributed by atoms with Crippen molar-refractivity contribution in [1.29, 1.82) is 0 Å². The quantitative estimate of drug-likeness (QED) is 0.383. The lowest BCUT2D eigenvalue weighted by Gasteiger charge is -2.16. The minimum atomic E-state index is 0. The third-order valence-electron chi connectivity index (χ3n) is 4.16. The van der Waals surface area contributed by atoms with E-state index in [0.717, 1.165) is 37.0 Å². The van der Waals surface area contributed by atoms with E-state index in [1.807, 2.05) is 12.1 Å². The van der Waals surface area contributed by atoms with Gasteiger partial charge in [-0.3, -0.25) is 4.99 Å². The number of guanidine groups is 1. The first kappa shape index (κ1) is 20.9. The summed E-state index contributed by atoms with van der Waals surface area (Å²) in [6.45, 7) is 3.73. The molecule has 1 fully saturated rings. The van der Waals surface area contributed by atoms with Crippen LogP contribution in [-0.2, 0) is 6.42 Å². The minimum absolute atomic E-state index is 0. The van der Waals surface area contributed by atoms with Crippen LogP contribution in [0.3, 0.4) is 0 Å². The van der Waals surface area contributed by atoms with Crippen LogP contribution in [0.5, 0.6) is 11.5 Å². The number of nitrogens with zero attached hydrogens (tertiary/aromatic N) is 1. The van der Waals surface area contributed by atoms with Crippen LogP contribution >= 0.6 is 24.0 Å². The van der Waals surface area contributed by atoms with Crippen LogP contribution in [0.25, 0.3) is 0 Å². The third-order valence-corrected chi connectivity index (χ3v) is 4.16. The standard InChI is InChI=1S/C18H29N3O2.HI/c1-4-19-18(21-15-7-5-6-8-15)20-12-11-14-9-10-16(22-2)17(13-14)23-3;/h9-10,13,15H,4-8,11-12H2,1-3H3,(H2,19,20,21);1H. The first-order valence-corrected chi connectivity index (χ1v) is 8.52. The topological polar surface area (TPSA) is 54.9 Å². The first-order chi connectivity index (χ1) is 11.3. The Kier molecular flexibility index (Phi) is 9.90. The van der Waals surface area contributed by atoms with Crippen molar-refractivity contribution in [3.8, 4) is 11.5 Å². The van der Waals surface area contributed by atoms with Crippen molar-refractivity contribution >= 4 is 29.9 Å². The summed E-state index contributed by atoms with van der Waals surface area (Å²) in [7, 11) is 3.31. The molecule has 1 aromatic rings. The summed E-state index contributed by atoms with van der Waals surface area (Å²) in [5, 5.41) is 6.87. The molecular formula is C18H30IN3O2. The van der Waals surface area contributed by atoms with E-state index in [1.165, 1.54) is 31.2 Å². The van der Waals surface area contributed by atoms with E-state index in [4.69, 9.17) is 14.5 Å². The van der Waals surface area contributed by atoms with Crippen LogP contribution < -0.4 is 20.1 Å². The van der Waals surface area contributed by atoms with Gasteiger partial charge in [-0.2, -0.15) is 0 Å². The van der Waals surface area contributed by atoms with Crippen molar-refractivity contribution in [2.24, 2.45) is 4.99 Å². The Bertz CT molecular complexity index is 517. The lowest BCUT2D eigenvalue weighted by Crippen LogP contribution is -2.42. The molecular weight excluding hydrogens is 417 g/mol. The molecule has 0 radical (unpaired) electrons. The van der Waals surface area contributed by atoms with E-state index in [9.17, 15) is 0 Å². The zero-order valence-electron chi connectivity index (χ0n) is 14.9. The molecule has 0 bridgehead atoms. The van der Waals surface area contributed by atoms with E-state index >= 15 is 0 Å². The second-order valence-corrected chi connectivity index (χ2v) is 5.83. The van der Waals surface area contributed by atoms with Crippen LogP contribution in [0, 0.1) is 0 Å². The molecule has 0 aliphatic heterocycles. The third kappa shape index (κ3) is 6.37. The number of aliphatic imine (C=N–C) groups is 1. The number of hydrogen-bond acceptors (Lipinski definition) is 3. The van der Waals surface area contributed by atoms with E-state index in [-0.39, 0.29) is 24.0 Å². The van der Waals surface area contributed by atoms with Crippen LogP contribution in [0.4, 0.5) is 0 Å². The van der Waals surface area contributed by atoms with Gasteiger partial charge >= 0.3 is 0 Å². The average Bonchev–Trinajstić information content (AvgIpc) is 3.07. The zero-order chi connectivity index (χ0) is 16.5. The predicted molar refractivity (Wildman–Crippen MR) is 110 cm³/mol. The van der Waals surface area contributed by atoms with Gasteiger partial charge < -0.3 is 20.1 Å².